The SMILES string of the molecule is Cc1ccc(CCNCC(O)c2ccccc2)cc1. The number of aliphatic hydroxyl groups is 1. The lowest BCUT2D eigenvalue weighted by Crippen LogP contribution is -2.23. The number of hydrogen-bond donors (Lipinski definition) is 2. The summed E-state index contributed by atoms with van der Waals surface area (Å²) in [5.74, 6) is 0. The van der Waals surface area contributed by atoms with Crippen LogP contribution in [0.2, 0.25) is 0 Å². The van der Waals surface area contributed by atoms with E-state index in [1.807, 2.05) is 30.3 Å². The van der Waals surface area contributed by atoms with Gasteiger partial charge >= 0.3 is 0 Å². The third-order valence-corrected chi connectivity index (χ3v) is 3.23. The predicted molar refractivity (Wildman–Crippen MR) is 79.2 cm³/mol. The largest absolute Gasteiger partial charge is 0.387 e. The Labute approximate surface area is 115 Å². The van der Waals surface area contributed by atoms with Crippen LogP contribution in [-0.4, -0.2) is 18.2 Å². The molecule has 0 saturated carbocycles. The highest BCUT2D eigenvalue weighted by atomic mass is 16.3. The van der Waals surface area contributed by atoms with Crippen LogP contribution < -0.4 is 5.32 Å². The van der Waals surface area contributed by atoms with E-state index < -0.39 is 6.10 Å². The number of aliphatic hydroxyl groups excluding tert-OH is 1. The molecule has 0 aromatic heterocycles. The van der Waals surface area contributed by atoms with E-state index >= 15 is 0 Å². The average molecular weight is 255 g/mol. The molecule has 0 bridgehead atoms. The Morgan fingerprint density at radius 1 is 1.00 bits per heavy atom. The van der Waals surface area contributed by atoms with Crippen molar-refractivity contribution in [3.8, 4) is 0 Å². The van der Waals surface area contributed by atoms with Gasteiger partial charge in [-0.05, 0) is 31.0 Å². The number of nitrogens with one attached hydrogen (secondary N) is 1. The van der Waals surface area contributed by atoms with Gasteiger partial charge in [0.25, 0.3) is 0 Å². The van der Waals surface area contributed by atoms with Crippen LogP contribution >= 0.6 is 0 Å². The Balaban J connectivity index is 1.71. The Kier molecular flexibility index (Phi) is 5.13. The minimum atomic E-state index is -0.431. The fraction of sp³-hybridized carbons (Fsp3) is 0.294. The third-order valence-electron chi connectivity index (χ3n) is 3.23. The summed E-state index contributed by atoms with van der Waals surface area (Å²) in [5, 5.41) is 13.3. The van der Waals surface area contributed by atoms with Crippen molar-refractivity contribution in [2.75, 3.05) is 13.1 Å². The molecule has 0 aliphatic carbocycles. The van der Waals surface area contributed by atoms with Gasteiger partial charge in [0.05, 0.1) is 6.10 Å². The maximum atomic E-state index is 9.99. The standard InChI is InChI=1S/C17H21NO/c1-14-7-9-15(10-8-14)11-12-18-13-17(19)16-5-3-2-4-6-16/h2-10,17-19H,11-13H2,1H3. The van der Waals surface area contributed by atoms with Crippen molar-refractivity contribution in [3.05, 3.63) is 71.3 Å². The summed E-state index contributed by atoms with van der Waals surface area (Å²) in [4.78, 5) is 0. The Morgan fingerprint density at radius 2 is 1.68 bits per heavy atom. The van der Waals surface area contributed by atoms with E-state index in [4.69, 9.17) is 0 Å². The van der Waals surface area contributed by atoms with Crippen molar-refractivity contribution < 1.29 is 5.11 Å². The molecule has 0 fully saturated rings. The van der Waals surface area contributed by atoms with Crippen LogP contribution in [0.5, 0.6) is 0 Å². The highest BCUT2D eigenvalue weighted by Crippen LogP contribution is 2.10. The molecule has 0 spiro atoms. The first kappa shape index (κ1) is 13.8. The summed E-state index contributed by atoms with van der Waals surface area (Å²) in [7, 11) is 0. The first-order chi connectivity index (χ1) is 9.25. The minimum absolute atomic E-state index is 0.431. The zero-order valence-electron chi connectivity index (χ0n) is 11.3. The third kappa shape index (κ3) is 4.51. The smallest absolute Gasteiger partial charge is 0.0914 e. The van der Waals surface area contributed by atoms with E-state index in [2.05, 4.69) is 36.5 Å². The maximum absolute atomic E-state index is 9.99. The lowest BCUT2D eigenvalue weighted by molar-refractivity contribution is 0.175. The van der Waals surface area contributed by atoms with Gasteiger partial charge in [-0.2, -0.15) is 0 Å². The monoisotopic (exact) mass is 255 g/mol. The second kappa shape index (κ2) is 7.07. The van der Waals surface area contributed by atoms with Crippen molar-refractivity contribution in [2.45, 2.75) is 19.4 Å². The van der Waals surface area contributed by atoms with Crippen molar-refractivity contribution in [1.82, 2.24) is 5.32 Å². The molecule has 1 atom stereocenters. The molecule has 0 saturated heterocycles. The summed E-state index contributed by atoms with van der Waals surface area (Å²) < 4.78 is 0. The van der Waals surface area contributed by atoms with Gasteiger partial charge in [-0.15, -0.1) is 0 Å². The van der Waals surface area contributed by atoms with Gasteiger partial charge in [0.2, 0.25) is 0 Å². The number of benzene rings is 2. The summed E-state index contributed by atoms with van der Waals surface area (Å²) in [5.41, 5.74) is 3.58. The molecule has 2 N–H and O–H groups in total. The molecular formula is C17H21NO. The van der Waals surface area contributed by atoms with Crippen molar-refractivity contribution >= 4 is 0 Å². The van der Waals surface area contributed by atoms with Crippen LogP contribution in [0.1, 0.15) is 22.8 Å². The number of rotatable bonds is 6. The zero-order chi connectivity index (χ0) is 13.5. The average Bonchev–Trinajstić information content (AvgIpc) is 2.46. The summed E-state index contributed by atoms with van der Waals surface area (Å²) in [6.07, 6.45) is 0.557. The fourth-order valence-corrected chi connectivity index (χ4v) is 2.02. The van der Waals surface area contributed by atoms with Gasteiger partial charge in [-0.1, -0.05) is 60.2 Å². The first-order valence-corrected chi connectivity index (χ1v) is 6.75. The quantitative estimate of drug-likeness (QED) is 0.778. The van der Waals surface area contributed by atoms with Gasteiger partial charge in [-0.3, -0.25) is 0 Å². The molecule has 19 heavy (non-hydrogen) atoms. The molecule has 100 valence electrons. The molecule has 2 aromatic carbocycles. The van der Waals surface area contributed by atoms with Crippen LogP contribution in [-0.2, 0) is 6.42 Å². The minimum Gasteiger partial charge on any atom is -0.387 e. The summed E-state index contributed by atoms with van der Waals surface area (Å²) in [6.45, 7) is 3.57. The molecule has 2 nitrogen and oxygen atoms in total. The van der Waals surface area contributed by atoms with Crippen LogP contribution in [0.15, 0.2) is 54.6 Å². The fourth-order valence-electron chi connectivity index (χ4n) is 2.02. The van der Waals surface area contributed by atoms with E-state index in [1.165, 1.54) is 11.1 Å². The van der Waals surface area contributed by atoms with Crippen LogP contribution in [0.25, 0.3) is 0 Å². The Morgan fingerprint density at radius 3 is 2.37 bits per heavy atom. The topological polar surface area (TPSA) is 32.3 Å². The molecule has 2 rings (SSSR count). The molecule has 0 radical (unpaired) electrons. The maximum Gasteiger partial charge on any atom is 0.0914 e. The van der Waals surface area contributed by atoms with E-state index in [9.17, 15) is 5.11 Å². The second-order valence-electron chi connectivity index (χ2n) is 4.87. The molecule has 0 amide bonds. The van der Waals surface area contributed by atoms with Crippen molar-refractivity contribution in [3.63, 3.8) is 0 Å². The highest BCUT2D eigenvalue weighted by Gasteiger charge is 2.05. The van der Waals surface area contributed by atoms with Crippen molar-refractivity contribution in [1.29, 1.82) is 0 Å². The van der Waals surface area contributed by atoms with Crippen LogP contribution in [0, 0.1) is 6.92 Å². The van der Waals surface area contributed by atoms with Gasteiger partial charge < -0.3 is 10.4 Å². The molecule has 0 aliphatic heterocycles. The summed E-state index contributed by atoms with van der Waals surface area (Å²) in [6, 6.07) is 18.3. The lowest BCUT2D eigenvalue weighted by Gasteiger charge is -2.12. The second-order valence-corrected chi connectivity index (χ2v) is 4.87. The van der Waals surface area contributed by atoms with Crippen LogP contribution in [0.4, 0.5) is 0 Å². The lowest BCUT2D eigenvalue weighted by atomic mass is 10.1. The van der Waals surface area contributed by atoms with Gasteiger partial charge in [0, 0.05) is 6.54 Å². The molecule has 1 unspecified atom stereocenters. The van der Waals surface area contributed by atoms with E-state index in [0.717, 1.165) is 18.5 Å². The Bertz CT molecular complexity index is 478. The molecule has 2 heteroatoms. The van der Waals surface area contributed by atoms with Crippen LogP contribution in [0.3, 0.4) is 0 Å². The van der Waals surface area contributed by atoms with Gasteiger partial charge in [0.15, 0.2) is 0 Å². The van der Waals surface area contributed by atoms with E-state index in [1.54, 1.807) is 0 Å². The van der Waals surface area contributed by atoms with E-state index in [-0.39, 0.29) is 0 Å². The molecule has 0 aliphatic rings. The molecule has 2 aromatic rings. The van der Waals surface area contributed by atoms with E-state index in [0.29, 0.717) is 6.54 Å². The number of aryl methyl sites for hydroxylation is 1. The van der Waals surface area contributed by atoms with Crippen molar-refractivity contribution in [2.24, 2.45) is 0 Å². The normalized spacial score (nSPS) is 12.3. The first-order valence-electron chi connectivity index (χ1n) is 6.75. The zero-order valence-corrected chi connectivity index (χ0v) is 11.3. The molecular weight excluding hydrogens is 234 g/mol. The predicted octanol–water partition coefficient (Wildman–Crippen LogP) is 2.86. The number of hydrogen-bond acceptors (Lipinski definition) is 2. The Hall–Kier alpha value is -1.64. The van der Waals surface area contributed by atoms with Gasteiger partial charge in [-0.25, -0.2) is 0 Å². The summed E-state index contributed by atoms with van der Waals surface area (Å²) >= 11 is 0. The molecule has 0 heterocycles. The van der Waals surface area contributed by atoms with Gasteiger partial charge in [0.1, 0.15) is 0 Å². The highest BCUT2D eigenvalue weighted by molar-refractivity contribution is 5.21.